The number of likely N-dealkylation sites (tertiary alicyclic amines) is 1. The molecule has 1 heterocycles. The molecular weight excluding hydrogens is 504 g/mol. The second-order valence-electron chi connectivity index (χ2n) is 10.6. The summed E-state index contributed by atoms with van der Waals surface area (Å²) in [5.74, 6) is -0.340. The van der Waals surface area contributed by atoms with Crippen molar-refractivity contribution in [3.63, 3.8) is 0 Å². The standard InChI is InChI=1S/C32H38N4O4/c1-24(37)34-32(27-11-7-4-8-12-27)17-19-36(20-18-32)23-30(39)33-29(21-25-13-15-28(38)16-14-25)31(40)35(2)22-26-9-5-3-6-10-26/h3-16,29,38H,17-23H2,1-2H3,(H,33,39)(H,34,37)/t29-/m0/s1. The third-order valence-corrected chi connectivity index (χ3v) is 7.47. The van der Waals surface area contributed by atoms with E-state index in [4.69, 9.17) is 0 Å². The van der Waals surface area contributed by atoms with Gasteiger partial charge in [0.05, 0.1) is 12.1 Å². The van der Waals surface area contributed by atoms with Crippen molar-refractivity contribution in [2.45, 2.75) is 44.3 Å². The molecule has 1 aliphatic heterocycles. The minimum absolute atomic E-state index is 0.0785. The number of rotatable bonds is 10. The van der Waals surface area contributed by atoms with Crippen LogP contribution in [0.1, 0.15) is 36.5 Å². The van der Waals surface area contributed by atoms with Crippen LogP contribution in [0, 0.1) is 0 Å². The Morgan fingerprint density at radius 1 is 0.900 bits per heavy atom. The Kier molecular flexibility index (Phi) is 9.56. The molecule has 0 aliphatic carbocycles. The van der Waals surface area contributed by atoms with E-state index in [2.05, 4.69) is 15.5 Å². The quantitative estimate of drug-likeness (QED) is 0.365. The van der Waals surface area contributed by atoms with Gasteiger partial charge in [0.25, 0.3) is 0 Å². The van der Waals surface area contributed by atoms with E-state index in [0.717, 1.165) is 16.7 Å². The van der Waals surface area contributed by atoms with E-state index >= 15 is 0 Å². The number of hydrogen-bond donors (Lipinski definition) is 3. The van der Waals surface area contributed by atoms with Crippen molar-refractivity contribution in [1.82, 2.24) is 20.4 Å². The summed E-state index contributed by atoms with van der Waals surface area (Å²) < 4.78 is 0. The number of carbonyl (C=O) groups excluding carboxylic acids is 3. The molecule has 4 rings (SSSR count). The van der Waals surface area contributed by atoms with Gasteiger partial charge in [-0.2, -0.15) is 0 Å². The van der Waals surface area contributed by atoms with Crippen LogP contribution >= 0.6 is 0 Å². The zero-order chi connectivity index (χ0) is 28.5. The Hall–Kier alpha value is -4.17. The largest absolute Gasteiger partial charge is 0.508 e. The van der Waals surface area contributed by atoms with Gasteiger partial charge < -0.3 is 20.6 Å². The lowest BCUT2D eigenvalue weighted by atomic mass is 9.80. The van der Waals surface area contributed by atoms with Crippen LogP contribution < -0.4 is 10.6 Å². The van der Waals surface area contributed by atoms with Crippen LogP contribution in [0.5, 0.6) is 5.75 Å². The zero-order valence-electron chi connectivity index (χ0n) is 23.2. The van der Waals surface area contributed by atoms with Gasteiger partial charge in [0.1, 0.15) is 11.8 Å². The van der Waals surface area contributed by atoms with Crippen molar-refractivity contribution in [2.24, 2.45) is 0 Å². The van der Waals surface area contributed by atoms with Crippen molar-refractivity contribution in [3.05, 3.63) is 102 Å². The first-order chi connectivity index (χ1) is 19.2. The summed E-state index contributed by atoms with van der Waals surface area (Å²) in [6.45, 7) is 3.38. The number of amides is 3. The molecule has 3 amide bonds. The Balaban J connectivity index is 1.41. The molecule has 0 saturated carbocycles. The van der Waals surface area contributed by atoms with E-state index in [1.807, 2.05) is 60.7 Å². The number of nitrogens with one attached hydrogen (secondary N) is 2. The maximum Gasteiger partial charge on any atom is 0.245 e. The number of aromatic hydroxyl groups is 1. The van der Waals surface area contributed by atoms with E-state index in [1.54, 1.807) is 36.2 Å². The Morgan fingerprint density at radius 3 is 2.10 bits per heavy atom. The molecule has 0 bridgehead atoms. The first-order valence-corrected chi connectivity index (χ1v) is 13.7. The number of nitrogens with zero attached hydrogens (tertiary/aromatic N) is 2. The molecule has 1 atom stereocenters. The summed E-state index contributed by atoms with van der Waals surface area (Å²) in [5.41, 5.74) is 2.45. The first-order valence-electron chi connectivity index (χ1n) is 13.7. The molecule has 1 fully saturated rings. The molecule has 210 valence electrons. The molecule has 1 aliphatic rings. The lowest BCUT2D eigenvalue weighted by molar-refractivity contribution is -0.136. The summed E-state index contributed by atoms with van der Waals surface area (Å²) in [5, 5.41) is 15.8. The third kappa shape index (κ3) is 7.70. The van der Waals surface area contributed by atoms with Crippen LogP contribution in [0.3, 0.4) is 0 Å². The fraction of sp³-hybridized carbons (Fsp3) is 0.344. The minimum Gasteiger partial charge on any atom is -0.508 e. The predicted octanol–water partition coefficient (Wildman–Crippen LogP) is 3.21. The molecular formula is C32H38N4O4. The lowest BCUT2D eigenvalue weighted by Crippen LogP contribution is -2.55. The average molecular weight is 543 g/mol. The monoisotopic (exact) mass is 542 g/mol. The second-order valence-corrected chi connectivity index (χ2v) is 10.6. The zero-order valence-corrected chi connectivity index (χ0v) is 23.2. The van der Waals surface area contributed by atoms with Gasteiger partial charge in [0.15, 0.2) is 0 Å². The third-order valence-electron chi connectivity index (χ3n) is 7.47. The minimum atomic E-state index is -0.752. The highest BCUT2D eigenvalue weighted by atomic mass is 16.3. The normalized spacial score (nSPS) is 15.6. The second kappa shape index (κ2) is 13.3. The van der Waals surface area contributed by atoms with E-state index in [-0.39, 0.29) is 30.0 Å². The van der Waals surface area contributed by atoms with Gasteiger partial charge >= 0.3 is 0 Å². The van der Waals surface area contributed by atoms with Crippen LogP contribution in [0.15, 0.2) is 84.9 Å². The van der Waals surface area contributed by atoms with Gasteiger partial charge in [-0.1, -0.05) is 72.8 Å². The number of likely N-dealkylation sites (N-methyl/N-ethyl adjacent to an activating group) is 1. The highest BCUT2D eigenvalue weighted by Gasteiger charge is 2.37. The summed E-state index contributed by atoms with van der Waals surface area (Å²) in [6.07, 6.45) is 1.67. The van der Waals surface area contributed by atoms with Crippen molar-refractivity contribution in [2.75, 3.05) is 26.7 Å². The fourth-order valence-electron chi connectivity index (χ4n) is 5.38. The SMILES string of the molecule is CC(=O)NC1(c2ccccc2)CCN(CC(=O)N[C@@H](Cc2ccc(O)cc2)C(=O)N(C)Cc2ccccc2)CC1. The highest BCUT2D eigenvalue weighted by molar-refractivity contribution is 5.88. The Morgan fingerprint density at radius 2 is 1.50 bits per heavy atom. The molecule has 40 heavy (non-hydrogen) atoms. The molecule has 3 N–H and O–H groups in total. The topological polar surface area (TPSA) is 102 Å². The Bertz CT molecular complexity index is 1270. The van der Waals surface area contributed by atoms with Gasteiger partial charge in [-0.05, 0) is 41.7 Å². The van der Waals surface area contributed by atoms with Gasteiger partial charge in [-0.25, -0.2) is 0 Å². The summed E-state index contributed by atoms with van der Waals surface area (Å²) in [7, 11) is 1.74. The number of piperidine rings is 1. The van der Waals surface area contributed by atoms with Crippen LogP contribution in [-0.4, -0.2) is 65.4 Å². The summed E-state index contributed by atoms with van der Waals surface area (Å²) >= 11 is 0. The molecule has 0 unspecified atom stereocenters. The van der Waals surface area contributed by atoms with Crippen molar-refractivity contribution < 1.29 is 19.5 Å². The smallest absolute Gasteiger partial charge is 0.245 e. The van der Waals surface area contributed by atoms with Crippen molar-refractivity contribution in [3.8, 4) is 5.75 Å². The van der Waals surface area contributed by atoms with E-state index < -0.39 is 11.6 Å². The van der Waals surface area contributed by atoms with Gasteiger partial charge in [-0.15, -0.1) is 0 Å². The maximum atomic E-state index is 13.5. The van der Waals surface area contributed by atoms with Crippen LogP contribution in [0.2, 0.25) is 0 Å². The van der Waals surface area contributed by atoms with Crippen molar-refractivity contribution in [1.29, 1.82) is 0 Å². The number of carbonyl (C=O) groups is 3. The molecule has 8 nitrogen and oxygen atoms in total. The van der Waals surface area contributed by atoms with Crippen molar-refractivity contribution >= 4 is 17.7 Å². The number of phenolic OH excluding ortho intramolecular Hbond substituents is 1. The molecule has 3 aromatic rings. The number of hydrogen-bond acceptors (Lipinski definition) is 5. The summed E-state index contributed by atoms with van der Waals surface area (Å²) in [6, 6.07) is 25.6. The average Bonchev–Trinajstić information content (AvgIpc) is 2.95. The number of phenols is 1. The van der Waals surface area contributed by atoms with E-state index in [9.17, 15) is 19.5 Å². The van der Waals surface area contributed by atoms with E-state index in [1.165, 1.54) is 6.92 Å². The van der Waals surface area contributed by atoms with Crippen LogP contribution in [0.4, 0.5) is 0 Å². The molecule has 0 spiro atoms. The van der Waals surface area contributed by atoms with Gasteiger partial charge in [-0.3, -0.25) is 19.3 Å². The number of benzene rings is 3. The van der Waals surface area contributed by atoms with Crippen LogP contribution in [0.25, 0.3) is 0 Å². The highest BCUT2D eigenvalue weighted by Crippen LogP contribution is 2.33. The molecule has 3 aromatic carbocycles. The van der Waals surface area contributed by atoms with Crippen LogP contribution in [-0.2, 0) is 32.9 Å². The maximum absolute atomic E-state index is 13.5. The van der Waals surface area contributed by atoms with E-state index in [0.29, 0.717) is 38.9 Å². The Labute approximate surface area is 236 Å². The lowest BCUT2D eigenvalue weighted by Gasteiger charge is -2.42. The fourth-order valence-corrected chi connectivity index (χ4v) is 5.38. The van der Waals surface area contributed by atoms with Gasteiger partial charge in [0.2, 0.25) is 17.7 Å². The van der Waals surface area contributed by atoms with Gasteiger partial charge in [0, 0.05) is 40.0 Å². The molecule has 0 radical (unpaired) electrons. The first kappa shape index (κ1) is 28.8. The molecule has 0 aromatic heterocycles. The molecule has 1 saturated heterocycles. The molecule has 8 heteroatoms. The summed E-state index contributed by atoms with van der Waals surface area (Å²) in [4.78, 5) is 42.5. The predicted molar refractivity (Wildman–Crippen MR) is 154 cm³/mol.